The number of ether oxygens (including phenoxy) is 1. The van der Waals surface area contributed by atoms with Crippen LogP contribution in [0.1, 0.15) is 11.3 Å². The number of amides is 1. The zero-order chi connectivity index (χ0) is 17.9. The number of carbonyl (C=O) groups excluding carboxylic acids is 1. The molecule has 2 rings (SSSR count). The van der Waals surface area contributed by atoms with Crippen molar-refractivity contribution in [2.75, 3.05) is 31.4 Å². The van der Waals surface area contributed by atoms with Crippen molar-refractivity contribution in [3.63, 3.8) is 0 Å². The van der Waals surface area contributed by atoms with E-state index in [4.69, 9.17) is 9.53 Å². The smallest absolute Gasteiger partial charge is 0.221 e. The van der Waals surface area contributed by atoms with Gasteiger partial charge in [-0.25, -0.2) is 10.8 Å². The monoisotopic (exact) mass is 331 g/mol. The molecule has 0 unspecified atom stereocenters. The zero-order valence-electron chi connectivity index (χ0n) is 14.5. The van der Waals surface area contributed by atoms with Crippen molar-refractivity contribution in [1.82, 2.24) is 10.4 Å². The normalized spacial score (nSPS) is 9.38. The molecule has 0 radical (unpaired) electrons. The van der Waals surface area contributed by atoms with Crippen LogP contribution in [0.15, 0.2) is 36.4 Å². The molecule has 0 aliphatic heterocycles. The lowest BCUT2D eigenvalue weighted by Gasteiger charge is -2.20. The molecule has 0 saturated carbocycles. The first-order valence-corrected chi connectivity index (χ1v) is 7.46. The van der Waals surface area contributed by atoms with Crippen LogP contribution < -0.4 is 26.2 Å². The van der Waals surface area contributed by atoms with Crippen LogP contribution in [0.25, 0.3) is 0 Å². The van der Waals surface area contributed by atoms with E-state index in [1.165, 1.54) is 0 Å². The minimum absolute atomic E-state index is 0.403. The maximum atomic E-state index is 8.94. The van der Waals surface area contributed by atoms with Crippen molar-refractivity contribution in [3.8, 4) is 5.88 Å². The highest BCUT2D eigenvalue weighted by Gasteiger charge is 2.10. The molecule has 0 saturated heterocycles. The van der Waals surface area contributed by atoms with Gasteiger partial charge in [-0.05, 0) is 25.1 Å². The highest BCUT2D eigenvalue weighted by molar-refractivity contribution is 5.66. The number of aryl methyl sites for hydroxylation is 1. The molecule has 1 heterocycles. The molecule has 0 atom stereocenters. The van der Waals surface area contributed by atoms with E-state index in [2.05, 4.69) is 33.2 Å². The van der Waals surface area contributed by atoms with Crippen LogP contribution in [0.5, 0.6) is 5.88 Å². The van der Waals surface area contributed by atoms with Crippen LogP contribution in [0, 0.1) is 6.92 Å². The van der Waals surface area contributed by atoms with E-state index >= 15 is 0 Å². The van der Waals surface area contributed by atoms with E-state index in [1.54, 1.807) is 5.43 Å². The molecule has 0 fully saturated rings. The summed E-state index contributed by atoms with van der Waals surface area (Å²) in [4.78, 5) is 15.4. The van der Waals surface area contributed by atoms with Crippen LogP contribution in [0.2, 0.25) is 0 Å². The van der Waals surface area contributed by atoms with Crippen molar-refractivity contribution in [2.24, 2.45) is 5.84 Å². The summed E-state index contributed by atoms with van der Waals surface area (Å²) in [7, 11) is 5.98. The topological polar surface area (TPSA) is 92.5 Å². The molecule has 4 N–H and O–H groups in total. The number of pyridine rings is 1. The second-order valence-corrected chi connectivity index (χ2v) is 5.14. The molecular formula is C17H25N5O2. The number of nitrogens with zero attached hydrogens (tertiary/aromatic N) is 2. The number of rotatable bonds is 6. The predicted molar refractivity (Wildman–Crippen MR) is 97.0 cm³/mol. The van der Waals surface area contributed by atoms with Gasteiger partial charge in [-0.1, -0.05) is 12.1 Å². The maximum Gasteiger partial charge on any atom is 0.221 e. The molecule has 0 bridgehead atoms. The fraction of sp³-hybridized carbons (Fsp3) is 0.294. The van der Waals surface area contributed by atoms with Crippen LogP contribution in [-0.2, 0) is 11.4 Å². The van der Waals surface area contributed by atoms with Crippen LogP contribution in [0.4, 0.5) is 11.4 Å². The third-order valence-corrected chi connectivity index (χ3v) is 3.20. The lowest BCUT2D eigenvalue weighted by molar-refractivity contribution is -0.109. The molecule has 2 aromatic rings. The Labute approximate surface area is 142 Å². The fourth-order valence-electron chi connectivity index (χ4n) is 2.12. The summed E-state index contributed by atoms with van der Waals surface area (Å²) in [6.07, 6.45) is 0.403. The van der Waals surface area contributed by atoms with Gasteiger partial charge in [-0.15, -0.1) is 0 Å². The zero-order valence-corrected chi connectivity index (χ0v) is 14.5. The Bertz CT molecular complexity index is 647. The molecular weight excluding hydrogens is 306 g/mol. The molecule has 1 aromatic heterocycles. The third-order valence-electron chi connectivity index (χ3n) is 3.20. The third kappa shape index (κ3) is 5.77. The quantitative estimate of drug-likeness (QED) is 0.323. The Kier molecular flexibility index (Phi) is 8.07. The van der Waals surface area contributed by atoms with Gasteiger partial charge in [-0.2, -0.15) is 0 Å². The lowest BCUT2D eigenvalue weighted by Crippen LogP contribution is -2.18. The second kappa shape index (κ2) is 10.1. The van der Waals surface area contributed by atoms with Crippen molar-refractivity contribution >= 4 is 17.8 Å². The van der Waals surface area contributed by atoms with Gasteiger partial charge in [0.15, 0.2) is 0 Å². The molecule has 1 amide bonds. The number of aromatic nitrogens is 1. The van der Waals surface area contributed by atoms with Crippen molar-refractivity contribution in [2.45, 2.75) is 13.5 Å². The fourth-order valence-corrected chi connectivity index (χ4v) is 2.12. The van der Waals surface area contributed by atoms with Gasteiger partial charge >= 0.3 is 0 Å². The molecule has 0 aliphatic rings. The molecule has 0 aliphatic carbocycles. The summed E-state index contributed by atoms with van der Waals surface area (Å²) in [5, 5.41) is 3.21. The molecule has 7 nitrogen and oxygen atoms in total. The van der Waals surface area contributed by atoms with Crippen LogP contribution in [-0.4, -0.2) is 32.5 Å². The molecule has 0 spiro atoms. The molecule has 7 heteroatoms. The number of benzene rings is 1. The number of hydrogen-bond donors (Lipinski definition) is 3. The first kappa shape index (κ1) is 19.2. The Hall–Kier alpha value is -2.80. The lowest BCUT2D eigenvalue weighted by atomic mass is 10.1. The van der Waals surface area contributed by atoms with E-state index in [9.17, 15) is 0 Å². The average molecular weight is 331 g/mol. The first-order chi connectivity index (χ1) is 11.5. The highest BCUT2D eigenvalue weighted by Crippen LogP contribution is 2.27. The molecule has 1 aromatic carbocycles. The van der Waals surface area contributed by atoms with Gasteiger partial charge in [0.1, 0.15) is 6.61 Å². The van der Waals surface area contributed by atoms with Gasteiger partial charge in [0.05, 0.1) is 0 Å². The predicted octanol–water partition coefficient (Wildman–Crippen LogP) is 1.68. The second-order valence-electron chi connectivity index (χ2n) is 5.14. The Morgan fingerprint density at radius 2 is 1.92 bits per heavy atom. The van der Waals surface area contributed by atoms with Crippen LogP contribution in [0.3, 0.4) is 0 Å². The number of hydrazine groups is 1. The van der Waals surface area contributed by atoms with Crippen molar-refractivity contribution in [1.29, 1.82) is 0 Å². The number of anilines is 2. The van der Waals surface area contributed by atoms with E-state index < -0.39 is 0 Å². The summed E-state index contributed by atoms with van der Waals surface area (Å²) in [5.74, 6) is 5.06. The van der Waals surface area contributed by atoms with Crippen LogP contribution >= 0.6 is 0 Å². The van der Waals surface area contributed by atoms with Crippen molar-refractivity contribution < 1.29 is 9.53 Å². The summed E-state index contributed by atoms with van der Waals surface area (Å²) < 4.78 is 5.83. The number of nitrogens with one attached hydrogen (secondary N) is 2. The van der Waals surface area contributed by atoms with Gasteiger partial charge in [0.25, 0.3) is 0 Å². The highest BCUT2D eigenvalue weighted by atomic mass is 16.5. The molecule has 130 valence electrons. The summed E-state index contributed by atoms with van der Waals surface area (Å²) in [6, 6.07) is 12.0. The van der Waals surface area contributed by atoms with Gasteiger partial charge in [0.2, 0.25) is 12.3 Å². The largest absolute Gasteiger partial charge is 0.473 e. The average Bonchev–Trinajstić information content (AvgIpc) is 2.59. The molecule has 24 heavy (non-hydrogen) atoms. The Morgan fingerprint density at radius 3 is 2.46 bits per heavy atom. The van der Waals surface area contributed by atoms with Gasteiger partial charge < -0.3 is 15.0 Å². The minimum atomic E-state index is 0.403. The Balaban J connectivity index is 0.000000648. The number of nitrogens with two attached hydrogens (primary N) is 1. The standard InChI is InChI=1S/C16H21N3O.CH4N2O/c1-12-7-5-10-16(18-12)20-11-13-14(17-2)8-6-9-15(13)19(3)4;2-3-1-4/h5-10,17H,11H2,1-4H3;1H,2H2,(H,3,4). The van der Waals surface area contributed by atoms with Crippen molar-refractivity contribution in [3.05, 3.63) is 47.7 Å². The van der Waals surface area contributed by atoms with Gasteiger partial charge in [-0.3, -0.25) is 10.2 Å². The van der Waals surface area contributed by atoms with Gasteiger partial charge in [0, 0.05) is 49.8 Å². The van der Waals surface area contributed by atoms with E-state index in [-0.39, 0.29) is 0 Å². The van der Waals surface area contributed by atoms with E-state index in [1.807, 2.05) is 52.3 Å². The number of carbonyl (C=O) groups is 1. The number of hydrogen-bond acceptors (Lipinski definition) is 6. The minimum Gasteiger partial charge on any atom is -0.473 e. The summed E-state index contributed by atoms with van der Waals surface area (Å²) in [5.41, 5.74) is 6.05. The summed E-state index contributed by atoms with van der Waals surface area (Å²) in [6.45, 7) is 2.45. The SMILES string of the molecule is CNc1cccc(N(C)C)c1COc1cccc(C)n1.NNC=O. The first-order valence-electron chi connectivity index (χ1n) is 7.46. The maximum absolute atomic E-state index is 8.94. The summed E-state index contributed by atoms with van der Waals surface area (Å²) >= 11 is 0. The van der Waals surface area contributed by atoms with E-state index in [0.717, 1.165) is 22.6 Å². The van der Waals surface area contributed by atoms with E-state index in [0.29, 0.717) is 18.9 Å². The Morgan fingerprint density at radius 1 is 1.25 bits per heavy atom.